The smallest absolute Gasteiger partial charge is 0.164 e. The number of allylic oxidation sites excluding steroid dienone is 1. The number of unbranched alkanes of at least 4 members (excludes halogenated alkanes) is 1. The van der Waals surface area contributed by atoms with Crippen LogP contribution in [-0.4, -0.2) is 18.5 Å². The van der Waals surface area contributed by atoms with E-state index in [4.69, 9.17) is 4.74 Å². The van der Waals surface area contributed by atoms with Crippen molar-refractivity contribution in [3.63, 3.8) is 0 Å². The zero-order chi connectivity index (χ0) is 13.2. The number of hydrogen-bond donors (Lipinski definition) is 0. The van der Waals surface area contributed by atoms with E-state index in [1.165, 1.54) is 12.0 Å². The molecule has 19 heavy (non-hydrogen) atoms. The van der Waals surface area contributed by atoms with Gasteiger partial charge in [0.25, 0.3) is 0 Å². The number of ketones is 1. The largest absolute Gasteiger partial charge is 0.373 e. The molecule has 1 aliphatic heterocycles. The summed E-state index contributed by atoms with van der Waals surface area (Å²) in [4.78, 5) is 12.3. The molecule has 1 aromatic rings. The highest BCUT2D eigenvalue weighted by atomic mass is 16.5. The second-order valence-corrected chi connectivity index (χ2v) is 5.48. The third kappa shape index (κ3) is 2.25. The van der Waals surface area contributed by atoms with E-state index in [-0.39, 0.29) is 6.10 Å². The van der Waals surface area contributed by atoms with E-state index in [1.807, 2.05) is 30.3 Å². The van der Waals surface area contributed by atoms with Crippen LogP contribution in [-0.2, 0) is 9.53 Å². The maximum Gasteiger partial charge on any atom is 0.164 e. The Balaban J connectivity index is 1.98. The van der Waals surface area contributed by atoms with Crippen LogP contribution in [0.5, 0.6) is 0 Å². The van der Waals surface area contributed by atoms with Gasteiger partial charge < -0.3 is 4.74 Å². The third-order valence-electron chi connectivity index (χ3n) is 4.17. The quantitative estimate of drug-likeness (QED) is 0.822. The summed E-state index contributed by atoms with van der Waals surface area (Å²) in [5, 5.41) is 0. The number of fused-ring (bicyclic) bond motifs is 1. The van der Waals surface area contributed by atoms with Crippen LogP contribution in [0.25, 0.3) is 5.57 Å². The highest BCUT2D eigenvalue weighted by molar-refractivity contribution is 6.24. The molecule has 2 nitrogen and oxygen atoms in total. The van der Waals surface area contributed by atoms with Crippen LogP contribution in [0.15, 0.2) is 35.9 Å². The average Bonchev–Trinajstić information content (AvgIpc) is 2.95. The van der Waals surface area contributed by atoms with Crippen LogP contribution in [0.1, 0.15) is 38.2 Å². The lowest BCUT2D eigenvalue weighted by atomic mass is 9.93. The molecule has 3 rings (SSSR count). The van der Waals surface area contributed by atoms with Crippen LogP contribution in [0, 0.1) is 5.92 Å². The normalized spacial score (nSPS) is 26.1. The highest BCUT2D eigenvalue weighted by Crippen LogP contribution is 2.43. The minimum atomic E-state index is 0.173. The molecule has 1 heterocycles. The molecule has 0 bridgehead atoms. The fourth-order valence-corrected chi connectivity index (χ4v) is 3.26. The lowest BCUT2D eigenvalue weighted by molar-refractivity contribution is -0.113. The molecule has 100 valence electrons. The van der Waals surface area contributed by atoms with Crippen LogP contribution >= 0.6 is 0 Å². The van der Waals surface area contributed by atoms with Gasteiger partial charge in [-0.2, -0.15) is 0 Å². The van der Waals surface area contributed by atoms with Crippen molar-refractivity contribution >= 4 is 11.4 Å². The molecule has 1 aromatic carbocycles. The molecule has 2 aliphatic rings. The molecule has 1 saturated heterocycles. The van der Waals surface area contributed by atoms with Gasteiger partial charge in [0.1, 0.15) is 0 Å². The lowest BCUT2D eigenvalue weighted by Crippen LogP contribution is -2.10. The maximum absolute atomic E-state index is 12.3. The summed E-state index contributed by atoms with van der Waals surface area (Å²) in [7, 11) is 0. The monoisotopic (exact) mass is 256 g/mol. The van der Waals surface area contributed by atoms with Crippen molar-refractivity contribution in [2.45, 2.75) is 38.7 Å². The summed E-state index contributed by atoms with van der Waals surface area (Å²) in [5.41, 5.74) is 3.30. The maximum atomic E-state index is 12.3. The van der Waals surface area contributed by atoms with Crippen molar-refractivity contribution in [3.05, 3.63) is 41.5 Å². The molecule has 2 heteroatoms. The second-order valence-electron chi connectivity index (χ2n) is 5.48. The molecule has 0 radical (unpaired) electrons. The van der Waals surface area contributed by atoms with Crippen molar-refractivity contribution in [2.24, 2.45) is 5.92 Å². The summed E-state index contributed by atoms with van der Waals surface area (Å²) in [6, 6.07) is 10.1. The summed E-state index contributed by atoms with van der Waals surface area (Å²) >= 11 is 0. The van der Waals surface area contributed by atoms with Gasteiger partial charge in [-0.25, -0.2) is 0 Å². The average molecular weight is 256 g/mol. The van der Waals surface area contributed by atoms with E-state index in [9.17, 15) is 4.79 Å². The molecule has 1 aliphatic carbocycles. The molecule has 1 fully saturated rings. The predicted octanol–water partition coefficient (Wildman–Crippen LogP) is 3.62. The summed E-state index contributed by atoms with van der Waals surface area (Å²) in [6.07, 6.45) is 4.20. The Morgan fingerprint density at radius 2 is 2.05 bits per heavy atom. The topological polar surface area (TPSA) is 26.3 Å². The Morgan fingerprint density at radius 1 is 1.26 bits per heavy atom. The van der Waals surface area contributed by atoms with Crippen molar-refractivity contribution in [3.8, 4) is 0 Å². The van der Waals surface area contributed by atoms with Crippen LogP contribution in [0.4, 0.5) is 0 Å². The van der Waals surface area contributed by atoms with Gasteiger partial charge in [-0.3, -0.25) is 4.79 Å². The van der Waals surface area contributed by atoms with Gasteiger partial charge in [0, 0.05) is 17.9 Å². The Hall–Kier alpha value is -1.41. The molecule has 0 amide bonds. The van der Waals surface area contributed by atoms with Crippen LogP contribution in [0.3, 0.4) is 0 Å². The van der Waals surface area contributed by atoms with Crippen molar-refractivity contribution in [2.75, 3.05) is 6.61 Å². The Morgan fingerprint density at radius 3 is 2.79 bits per heavy atom. The Labute approximate surface area is 114 Å². The Kier molecular flexibility index (Phi) is 3.52. The second kappa shape index (κ2) is 5.30. The first-order chi connectivity index (χ1) is 9.31. The number of rotatable bonds is 4. The summed E-state index contributed by atoms with van der Waals surface area (Å²) in [5.74, 6) is 0.639. The molecular weight excluding hydrogens is 236 g/mol. The van der Waals surface area contributed by atoms with Gasteiger partial charge in [-0.05, 0) is 17.6 Å². The Bertz CT molecular complexity index is 501. The van der Waals surface area contributed by atoms with E-state index >= 15 is 0 Å². The standard InChI is InChI=1S/C17H20O2/c1-2-3-9-15-17-13(11-19-15)10-14(18)16(17)12-7-5-4-6-8-12/h4-8,13,15H,2-3,9-11H2,1H3/t13-,15+/m0/s1. The van der Waals surface area contributed by atoms with Crippen molar-refractivity contribution in [1.29, 1.82) is 0 Å². The van der Waals surface area contributed by atoms with E-state index in [2.05, 4.69) is 6.92 Å². The zero-order valence-electron chi connectivity index (χ0n) is 11.4. The van der Waals surface area contributed by atoms with E-state index < -0.39 is 0 Å². The molecular formula is C17H20O2. The van der Waals surface area contributed by atoms with E-state index in [0.717, 1.165) is 30.6 Å². The van der Waals surface area contributed by atoms with E-state index in [1.54, 1.807) is 0 Å². The van der Waals surface area contributed by atoms with Gasteiger partial charge in [-0.1, -0.05) is 50.1 Å². The minimum Gasteiger partial charge on any atom is -0.373 e. The van der Waals surface area contributed by atoms with Crippen LogP contribution in [0.2, 0.25) is 0 Å². The summed E-state index contributed by atoms with van der Waals surface area (Å²) in [6.45, 7) is 2.92. The number of Topliss-reactive ketones (excluding diaryl/α,β-unsaturated/α-hetero) is 1. The molecule has 0 saturated carbocycles. The fraction of sp³-hybridized carbons (Fsp3) is 0.471. The minimum absolute atomic E-state index is 0.173. The first kappa shape index (κ1) is 12.6. The lowest BCUT2D eigenvalue weighted by Gasteiger charge is -2.13. The number of carbonyl (C=O) groups is 1. The van der Waals surface area contributed by atoms with E-state index in [0.29, 0.717) is 18.1 Å². The van der Waals surface area contributed by atoms with Crippen molar-refractivity contribution in [1.82, 2.24) is 0 Å². The number of benzene rings is 1. The van der Waals surface area contributed by atoms with Gasteiger partial charge >= 0.3 is 0 Å². The van der Waals surface area contributed by atoms with Gasteiger partial charge in [-0.15, -0.1) is 0 Å². The van der Waals surface area contributed by atoms with Gasteiger partial charge in [0.05, 0.1) is 12.7 Å². The van der Waals surface area contributed by atoms with Gasteiger partial charge in [0.2, 0.25) is 0 Å². The number of ether oxygens (including phenoxy) is 1. The molecule has 0 spiro atoms. The first-order valence-electron chi connectivity index (χ1n) is 7.25. The third-order valence-corrected chi connectivity index (χ3v) is 4.17. The van der Waals surface area contributed by atoms with Gasteiger partial charge in [0.15, 0.2) is 5.78 Å². The van der Waals surface area contributed by atoms with Crippen molar-refractivity contribution < 1.29 is 9.53 Å². The number of carbonyl (C=O) groups excluding carboxylic acids is 1. The summed E-state index contributed by atoms with van der Waals surface area (Å²) < 4.78 is 5.91. The molecule has 0 N–H and O–H groups in total. The van der Waals surface area contributed by atoms with Crippen LogP contribution < -0.4 is 0 Å². The number of hydrogen-bond acceptors (Lipinski definition) is 2. The molecule has 0 unspecified atom stereocenters. The SMILES string of the molecule is CCCC[C@H]1OC[C@@H]2CC(=O)C(c3ccccc3)=C21. The first-order valence-corrected chi connectivity index (χ1v) is 7.25. The molecule has 0 aromatic heterocycles. The highest BCUT2D eigenvalue weighted by Gasteiger charge is 2.41. The zero-order valence-corrected chi connectivity index (χ0v) is 11.4. The fourth-order valence-electron chi connectivity index (χ4n) is 3.26. The molecule has 2 atom stereocenters. The predicted molar refractivity (Wildman–Crippen MR) is 75.7 cm³/mol.